The van der Waals surface area contributed by atoms with E-state index in [1.807, 2.05) is 24.3 Å². The number of ether oxygens (including phenoxy) is 1. The third-order valence-corrected chi connectivity index (χ3v) is 6.86. The zero-order valence-electron chi connectivity index (χ0n) is 19.9. The summed E-state index contributed by atoms with van der Waals surface area (Å²) < 4.78 is 7.28. The summed E-state index contributed by atoms with van der Waals surface area (Å²) in [4.78, 5) is 42.6. The van der Waals surface area contributed by atoms with Crippen LogP contribution in [0.3, 0.4) is 0 Å². The van der Waals surface area contributed by atoms with E-state index in [-0.39, 0.29) is 17.7 Å². The van der Waals surface area contributed by atoms with Crippen molar-refractivity contribution in [2.24, 2.45) is 4.99 Å². The Balaban J connectivity index is 1.89. The maximum atomic E-state index is 13.6. The van der Waals surface area contributed by atoms with Crippen LogP contribution in [0.4, 0.5) is 0 Å². The highest BCUT2D eigenvalue weighted by atomic mass is 32.1. The number of carboxylic acids is 1. The van der Waals surface area contributed by atoms with Crippen molar-refractivity contribution in [2.45, 2.75) is 39.7 Å². The fraction of sp³-hybridized carbons (Fsp3) is 0.259. The van der Waals surface area contributed by atoms with Gasteiger partial charge in [0.15, 0.2) is 4.80 Å². The normalized spacial score (nSPS) is 15.7. The van der Waals surface area contributed by atoms with Gasteiger partial charge >= 0.3 is 5.97 Å². The summed E-state index contributed by atoms with van der Waals surface area (Å²) >= 11 is 1.22. The van der Waals surface area contributed by atoms with E-state index in [0.717, 1.165) is 11.1 Å². The van der Waals surface area contributed by atoms with Gasteiger partial charge < -0.3 is 14.6 Å². The SMILES string of the molecule is CCOC(=O)C1=C(C)N=c2s/c(=C/c3ccc(C(=O)[O-])cc3)c(=O)n2[C@H]1c1ccc(C(C)C)cc1. The molecule has 0 fully saturated rings. The molecule has 0 unspecified atom stereocenters. The van der Waals surface area contributed by atoms with Crippen LogP contribution in [0.5, 0.6) is 0 Å². The molecule has 35 heavy (non-hydrogen) atoms. The molecule has 2 heterocycles. The van der Waals surface area contributed by atoms with Crippen LogP contribution >= 0.6 is 11.3 Å². The standard InChI is InChI=1S/C27H26N2O5S/c1-5-34-26(33)22-16(4)28-27-29(23(22)19-12-10-18(11-13-19)15(2)3)24(30)21(35-27)14-17-6-8-20(9-7-17)25(31)32/h6-15,23H,5H2,1-4H3,(H,31,32)/p-1/b21-14+/t23-/m0/s1. The van der Waals surface area contributed by atoms with Crippen LogP contribution in [-0.4, -0.2) is 23.1 Å². The molecule has 3 aromatic rings. The first-order valence-electron chi connectivity index (χ1n) is 11.3. The largest absolute Gasteiger partial charge is 0.545 e. The van der Waals surface area contributed by atoms with Crippen LogP contribution in [0.2, 0.25) is 0 Å². The van der Waals surface area contributed by atoms with E-state index in [0.29, 0.717) is 32.1 Å². The molecule has 0 amide bonds. The second kappa shape index (κ2) is 9.84. The number of hydrogen-bond acceptors (Lipinski definition) is 7. The fourth-order valence-corrected chi connectivity index (χ4v) is 5.08. The quantitative estimate of drug-likeness (QED) is 0.495. The number of rotatable bonds is 6. The molecule has 0 radical (unpaired) electrons. The van der Waals surface area contributed by atoms with Gasteiger partial charge in [-0.05, 0) is 48.1 Å². The maximum Gasteiger partial charge on any atom is 0.338 e. The van der Waals surface area contributed by atoms with Gasteiger partial charge in [-0.3, -0.25) is 9.36 Å². The van der Waals surface area contributed by atoms with E-state index in [1.165, 1.54) is 28.0 Å². The Morgan fingerprint density at radius 3 is 2.37 bits per heavy atom. The molecule has 0 aliphatic carbocycles. The van der Waals surface area contributed by atoms with Crippen molar-refractivity contribution in [2.75, 3.05) is 6.61 Å². The Morgan fingerprint density at radius 2 is 1.80 bits per heavy atom. The van der Waals surface area contributed by atoms with Gasteiger partial charge in [-0.2, -0.15) is 0 Å². The molecule has 7 nitrogen and oxygen atoms in total. The summed E-state index contributed by atoms with van der Waals surface area (Å²) in [6.45, 7) is 7.90. The predicted octanol–water partition coefficient (Wildman–Crippen LogP) is 2.29. The molecule has 8 heteroatoms. The number of thiazole rings is 1. The van der Waals surface area contributed by atoms with Crippen molar-refractivity contribution in [1.29, 1.82) is 0 Å². The van der Waals surface area contributed by atoms with Gasteiger partial charge in [-0.25, -0.2) is 9.79 Å². The highest BCUT2D eigenvalue weighted by Crippen LogP contribution is 2.31. The monoisotopic (exact) mass is 489 g/mol. The second-order valence-corrected chi connectivity index (χ2v) is 9.54. The maximum absolute atomic E-state index is 13.6. The first-order chi connectivity index (χ1) is 16.7. The van der Waals surface area contributed by atoms with Gasteiger partial charge in [0, 0.05) is 0 Å². The number of esters is 1. The Labute approximate surface area is 206 Å². The molecule has 180 valence electrons. The fourth-order valence-electron chi connectivity index (χ4n) is 4.04. The van der Waals surface area contributed by atoms with Crippen molar-refractivity contribution in [3.8, 4) is 0 Å². The first kappa shape index (κ1) is 24.3. The number of aromatic nitrogens is 1. The van der Waals surface area contributed by atoms with Crippen molar-refractivity contribution in [3.63, 3.8) is 0 Å². The first-order valence-corrected chi connectivity index (χ1v) is 12.1. The van der Waals surface area contributed by atoms with Gasteiger partial charge in [0.25, 0.3) is 5.56 Å². The lowest BCUT2D eigenvalue weighted by atomic mass is 9.93. The van der Waals surface area contributed by atoms with E-state index in [1.54, 1.807) is 32.1 Å². The minimum atomic E-state index is -1.26. The topological polar surface area (TPSA) is 101 Å². The van der Waals surface area contributed by atoms with Gasteiger partial charge in [0.2, 0.25) is 0 Å². The molecule has 4 rings (SSSR count). The van der Waals surface area contributed by atoms with E-state index >= 15 is 0 Å². The molecule has 0 spiro atoms. The molecule has 1 aromatic heterocycles. The Hall–Kier alpha value is -3.78. The Kier molecular flexibility index (Phi) is 6.84. The van der Waals surface area contributed by atoms with Crippen LogP contribution in [-0.2, 0) is 9.53 Å². The van der Waals surface area contributed by atoms with Crippen molar-refractivity contribution in [3.05, 3.63) is 102 Å². The van der Waals surface area contributed by atoms with Gasteiger partial charge in [-0.15, -0.1) is 0 Å². The van der Waals surface area contributed by atoms with Gasteiger partial charge in [0.1, 0.15) is 0 Å². The molecule has 1 aliphatic heterocycles. The number of carbonyl (C=O) groups excluding carboxylic acids is 2. The Bertz CT molecular complexity index is 1490. The lowest BCUT2D eigenvalue weighted by Crippen LogP contribution is -2.39. The lowest BCUT2D eigenvalue weighted by Gasteiger charge is -2.25. The van der Waals surface area contributed by atoms with Crippen LogP contribution in [0.25, 0.3) is 6.08 Å². The van der Waals surface area contributed by atoms with Crippen LogP contribution in [0, 0.1) is 0 Å². The van der Waals surface area contributed by atoms with E-state index < -0.39 is 18.0 Å². The van der Waals surface area contributed by atoms with Crippen molar-refractivity contribution >= 4 is 29.4 Å². The highest BCUT2D eigenvalue weighted by Gasteiger charge is 2.33. The van der Waals surface area contributed by atoms with Crippen molar-refractivity contribution < 1.29 is 19.4 Å². The number of carbonyl (C=O) groups is 2. The molecule has 0 saturated heterocycles. The van der Waals surface area contributed by atoms with Gasteiger partial charge in [0.05, 0.1) is 34.4 Å². The summed E-state index contributed by atoms with van der Waals surface area (Å²) in [5.41, 5.74) is 3.22. The van der Waals surface area contributed by atoms with Crippen molar-refractivity contribution in [1.82, 2.24) is 4.57 Å². The summed E-state index contributed by atoms with van der Waals surface area (Å²) in [5.74, 6) is -1.42. The molecular formula is C27H25N2O5S-. The number of benzene rings is 2. The minimum Gasteiger partial charge on any atom is -0.545 e. The molecule has 1 atom stereocenters. The zero-order valence-corrected chi connectivity index (χ0v) is 20.7. The van der Waals surface area contributed by atoms with E-state index in [9.17, 15) is 19.5 Å². The van der Waals surface area contributed by atoms with E-state index in [4.69, 9.17) is 4.74 Å². The summed E-state index contributed by atoms with van der Waals surface area (Å²) in [7, 11) is 0. The van der Waals surface area contributed by atoms with Crippen LogP contribution < -0.4 is 20.0 Å². The minimum absolute atomic E-state index is 0.0585. The second-order valence-electron chi connectivity index (χ2n) is 8.53. The number of hydrogen-bond donors (Lipinski definition) is 0. The third kappa shape index (κ3) is 4.74. The average Bonchev–Trinajstić information content (AvgIpc) is 3.13. The molecule has 0 bridgehead atoms. The lowest BCUT2D eigenvalue weighted by molar-refractivity contribution is -0.255. The molecule has 0 N–H and O–H groups in total. The number of fused-ring (bicyclic) bond motifs is 1. The molecule has 1 aliphatic rings. The number of aromatic carboxylic acids is 1. The van der Waals surface area contributed by atoms with E-state index in [2.05, 4.69) is 18.8 Å². The Morgan fingerprint density at radius 1 is 1.14 bits per heavy atom. The molecule has 2 aromatic carbocycles. The number of carboxylic acid groups (broad SMARTS) is 1. The number of allylic oxidation sites excluding steroid dienone is 1. The third-order valence-electron chi connectivity index (χ3n) is 5.88. The summed E-state index contributed by atoms with van der Waals surface area (Å²) in [6.07, 6.45) is 1.69. The molecular weight excluding hydrogens is 464 g/mol. The van der Waals surface area contributed by atoms with Crippen LogP contribution in [0.15, 0.2) is 69.6 Å². The van der Waals surface area contributed by atoms with Crippen LogP contribution in [0.1, 0.15) is 66.7 Å². The smallest absolute Gasteiger partial charge is 0.338 e. The molecule has 0 saturated carbocycles. The average molecular weight is 490 g/mol. The van der Waals surface area contributed by atoms with Gasteiger partial charge in [-0.1, -0.05) is 73.7 Å². The number of nitrogens with zero attached hydrogens (tertiary/aromatic N) is 2. The highest BCUT2D eigenvalue weighted by molar-refractivity contribution is 7.07. The summed E-state index contributed by atoms with van der Waals surface area (Å²) in [5, 5.41) is 11.0. The zero-order chi connectivity index (χ0) is 25.3. The predicted molar refractivity (Wildman–Crippen MR) is 132 cm³/mol. The summed E-state index contributed by atoms with van der Waals surface area (Å²) in [6, 6.07) is 13.3.